The van der Waals surface area contributed by atoms with Crippen LogP contribution in [0.3, 0.4) is 0 Å². The summed E-state index contributed by atoms with van der Waals surface area (Å²) in [5.41, 5.74) is 1.17. The lowest BCUT2D eigenvalue weighted by Crippen LogP contribution is -2.49. The minimum absolute atomic E-state index is 0.00647. The molecule has 6 heteroatoms. The zero-order valence-corrected chi connectivity index (χ0v) is 15.1. The molecule has 2 aromatic carbocycles. The summed E-state index contributed by atoms with van der Waals surface area (Å²) < 4.78 is 13.9. The standard InChI is InChI=1S/C21H23FN2O3/c22-18-9-5-4-8-17(18)21(27)24-14-12-23(13-15-24)19(10-11-20(25)26)16-6-2-1-3-7-16/h1-9,19H,10-15H2,(H,25,26)/t19-/m1/s1. The number of hydrogen-bond donors (Lipinski definition) is 1. The van der Waals surface area contributed by atoms with Gasteiger partial charge in [-0.1, -0.05) is 42.5 Å². The van der Waals surface area contributed by atoms with Crippen molar-refractivity contribution in [1.82, 2.24) is 9.80 Å². The van der Waals surface area contributed by atoms with Crippen LogP contribution < -0.4 is 0 Å². The van der Waals surface area contributed by atoms with Gasteiger partial charge in [0.25, 0.3) is 5.91 Å². The number of carbonyl (C=O) groups excluding carboxylic acids is 1. The number of carbonyl (C=O) groups is 2. The van der Waals surface area contributed by atoms with Gasteiger partial charge in [-0.25, -0.2) is 4.39 Å². The smallest absolute Gasteiger partial charge is 0.303 e. The summed E-state index contributed by atoms with van der Waals surface area (Å²) in [7, 11) is 0. The van der Waals surface area contributed by atoms with E-state index in [9.17, 15) is 14.0 Å². The number of amides is 1. The van der Waals surface area contributed by atoms with E-state index in [1.54, 1.807) is 17.0 Å². The van der Waals surface area contributed by atoms with Crippen LogP contribution in [0.25, 0.3) is 0 Å². The van der Waals surface area contributed by atoms with Gasteiger partial charge in [-0.3, -0.25) is 14.5 Å². The van der Waals surface area contributed by atoms with Gasteiger partial charge in [-0.2, -0.15) is 0 Å². The number of carboxylic acid groups (broad SMARTS) is 1. The maximum Gasteiger partial charge on any atom is 0.303 e. The van der Waals surface area contributed by atoms with Crippen LogP contribution >= 0.6 is 0 Å². The van der Waals surface area contributed by atoms with Gasteiger partial charge in [0.05, 0.1) is 5.56 Å². The summed E-state index contributed by atoms with van der Waals surface area (Å²) in [6.45, 7) is 2.23. The van der Waals surface area contributed by atoms with Crippen molar-refractivity contribution in [2.24, 2.45) is 0 Å². The molecule has 0 aromatic heterocycles. The zero-order valence-electron chi connectivity index (χ0n) is 15.1. The first-order chi connectivity index (χ1) is 13.1. The lowest BCUT2D eigenvalue weighted by atomic mass is 9.99. The minimum atomic E-state index is -0.815. The normalized spacial score (nSPS) is 16.1. The fourth-order valence-electron chi connectivity index (χ4n) is 3.54. The second-order valence-electron chi connectivity index (χ2n) is 6.67. The van der Waals surface area contributed by atoms with Crippen molar-refractivity contribution >= 4 is 11.9 Å². The van der Waals surface area contributed by atoms with Gasteiger partial charge >= 0.3 is 5.97 Å². The van der Waals surface area contributed by atoms with Crippen molar-refractivity contribution in [2.45, 2.75) is 18.9 Å². The molecule has 1 amide bonds. The Balaban J connectivity index is 1.67. The molecule has 1 saturated heterocycles. The number of carboxylic acids is 1. The molecule has 2 aromatic rings. The average Bonchev–Trinajstić information content (AvgIpc) is 2.69. The SMILES string of the molecule is O=C(O)CC[C@H](c1ccccc1)N1CCN(C(=O)c2ccccc2F)CC1. The monoisotopic (exact) mass is 370 g/mol. The van der Waals surface area contributed by atoms with Gasteiger partial charge in [-0.05, 0) is 24.1 Å². The Morgan fingerprint density at radius 3 is 2.22 bits per heavy atom. The number of halogens is 1. The van der Waals surface area contributed by atoms with E-state index in [2.05, 4.69) is 4.90 Å². The van der Waals surface area contributed by atoms with Crippen molar-refractivity contribution in [2.75, 3.05) is 26.2 Å². The summed E-state index contributed by atoms with van der Waals surface area (Å²) in [6.07, 6.45) is 0.606. The molecule has 0 aliphatic carbocycles. The van der Waals surface area contributed by atoms with E-state index in [0.717, 1.165) is 5.56 Å². The molecule has 0 bridgehead atoms. The van der Waals surface area contributed by atoms with Crippen molar-refractivity contribution in [1.29, 1.82) is 0 Å². The highest BCUT2D eigenvalue weighted by Crippen LogP contribution is 2.27. The van der Waals surface area contributed by atoms with Crippen LogP contribution in [-0.2, 0) is 4.79 Å². The summed E-state index contributed by atoms with van der Waals surface area (Å²) in [4.78, 5) is 27.5. The van der Waals surface area contributed by atoms with Crippen LogP contribution in [0, 0.1) is 5.82 Å². The lowest BCUT2D eigenvalue weighted by molar-refractivity contribution is -0.137. The molecule has 1 aliphatic rings. The van der Waals surface area contributed by atoms with Crippen molar-refractivity contribution < 1.29 is 19.1 Å². The molecule has 1 atom stereocenters. The van der Waals surface area contributed by atoms with Crippen LogP contribution in [0.4, 0.5) is 4.39 Å². The average molecular weight is 370 g/mol. The highest BCUT2D eigenvalue weighted by Gasteiger charge is 2.28. The number of aliphatic carboxylic acids is 1. The van der Waals surface area contributed by atoms with E-state index in [-0.39, 0.29) is 23.9 Å². The van der Waals surface area contributed by atoms with Crippen LogP contribution in [0.5, 0.6) is 0 Å². The fraction of sp³-hybridized carbons (Fsp3) is 0.333. The largest absolute Gasteiger partial charge is 0.481 e. The third-order valence-corrected chi connectivity index (χ3v) is 4.96. The Hall–Kier alpha value is -2.73. The molecule has 1 N–H and O–H groups in total. The van der Waals surface area contributed by atoms with Gasteiger partial charge in [-0.15, -0.1) is 0 Å². The predicted octanol–water partition coefficient (Wildman–Crippen LogP) is 3.19. The molecule has 3 rings (SSSR count). The van der Waals surface area contributed by atoms with Crippen LogP contribution in [0.2, 0.25) is 0 Å². The molecule has 142 valence electrons. The van der Waals surface area contributed by atoms with E-state index in [1.807, 2.05) is 30.3 Å². The number of piperazine rings is 1. The van der Waals surface area contributed by atoms with Crippen LogP contribution in [0.15, 0.2) is 54.6 Å². The van der Waals surface area contributed by atoms with Gasteiger partial charge in [0, 0.05) is 38.6 Å². The Kier molecular flexibility index (Phi) is 6.19. The molecule has 0 spiro atoms. The molecule has 1 heterocycles. The molecule has 0 unspecified atom stereocenters. The first-order valence-corrected chi connectivity index (χ1v) is 9.11. The summed E-state index contributed by atoms with van der Waals surface area (Å²) in [5, 5.41) is 9.07. The van der Waals surface area contributed by atoms with Gasteiger partial charge in [0.15, 0.2) is 0 Å². The molecule has 1 aliphatic heterocycles. The van der Waals surface area contributed by atoms with Crippen LogP contribution in [0.1, 0.15) is 34.8 Å². The Bertz CT molecular complexity index is 789. The lowest BCUT2D eigenvalue weighted by Gasteiger charge is -2.39. The molecular formula is C21H23FN2O3. The highest BCUT2D eigenvalue weighted by molar-refractivity contribution is 5.94. The van der Waals surface area contributed by atoms with Crippen LogP contribution in [-0.4, -0.2) is 53.0 Å². The maximum absolute atomic E-state index is 13.9. The topological polar surface area (TPSA) is 60.9 Å². The van der Waals surface area contributed by atoms with Gasteiger partial charge in [0.2, 0.25) is 0 Å². The summed E-state index contributed by atoms with van der Waals surface area (Å²) in [6, 6.07) is 15.8. The molecule has 1 fully saturated rings. The van der Waals surface area contributed by atoms with E-state index in [4.69, 9.17) is 5.11 Å². The third-order valence-electron chi connectivity index (χ3n) is 4.96. The van der Waals surface area contributed by atoms with E-state index >= 15 is 0 Å². The van der Waals surface area contributed by atoms with Gasteiger partial charge < -0.3 is 10.0 Å². The van der Waals surface area contributed by atoms with E-state index in [1.165, 1.54) is 12.1 Å². The molecule has 0 saturated carbocycles. The number of nitrogens with zero attached hydrogens (tertiary/aromatic N) is 2. The molecule has 5 nitrogen and oxygen atoms in total. The maximum atomic E-state index is 13.9. The zero-order chi connectivity index (χ0) is 19.2. The minimum Gasteiger partial charge on any atom is -0.481 e. The Labute approximate surface area is 158 Å². The second-order valence-corrected chi connectivity index (χ2v) is 6.67. The molecule has 27 heavy (non-hydrogen) atoms. The third kappa shape index (κ3) is 4.71. The van der Waals surface area contributed by atoms with Crippen molar-refractivity contribution in [3.05, 3.63) is 71.5 Å². The van der Waals surface area contributed by atoms with E-state index in [0.29, 0.717) is 32.6 Å². The number of hydrogen-bond acceptors (Lipinski definition) is 3. The number of rotatable bonds is 6. The quantitative estimate of drug-likeness (QED) is 0.848. The highest BCUT2D eigenvalue weighted by atomic mass is 19.1. The van der Waals surface area contributed by atoms with E-state index < -0.39 is 11.8 Å². The first-order valence-electron chi connectivity index (χ1n) is 9.11. The van der Waals surface area contributed by atoms with Crippen molar-refractivity contribution in [3.63, 3.8) is 0 Å². The molecule has 0 radical (unpaired) electrons. The first kappa shape index (κ1) is 19.0. The summed E-state index contributed by atoms with van der Waals surface area (Å²) >= 11 is 0. The predicted molar refractivity (Wildman–Crippen MR) is 99.9 cm³/mol. The van der Waals surface area contributed by atoms with Crippen molar-refractivity contribution in [3.8, 4) is 0 Å². The second kappa shape index (κ2) is 8.77. The number of benzene rings is 2. The Morgan fingerprint density at radius 2 is 1.59 bits per heavy atom. The fourth-order valence-corrected chi connectivity index (χ4v) is 3.54. The Morgan fingerprint density at radius 1 is 0.963 bits per heavy atom. The summed E-state index contributed by atoms with van der Waals surface area (Å²) in [5.74, 6) is -1.62. The van der Waals surface area contributed by atoms with Gasteiger partial charge in [0.1, 0.15) is 5.82 Å². The molecular weight excluding hydrogens is 347 g/mol.